The maximum Gasteiger partial charge on any atom is 0.161 e. The van der Waals surface area contributed by atoms with E-state index in [1.165, 1.54) is 12.1 Å². The molecule has 1 nitrogen and oxygen atoms in total. The number of hydrogen-bond acceptors (Lipinski definition) is 1. The predicted molar refractivity (Wildman–Crippen MR) is 67.7 cm³/mol. The highest BCUT2D eigenvalue weighted by Crippen LogP contribution is 2.26. The van der Waals surface area contributed by atoms with Crippen LogP contribution in [0.5, 0.6) is 0 Å². The van der Waals surface area contributed by atoms with E-state index in [-0.39, 0.29) is 17.8 Å². The fourth-order valence-electron chi connectivity index (χ4n) is 1.55. The van der Waals surface area contributed by atoms with Crippen LogP contribution >= 0.6 is 15.9 Å². The second-order valence-corrected chi connectivity index (χ2v) is 4.66. The van der Waals surface area contributed by atoms with Crippen LogP contribution in [0.15, 0.2) is 34.8 Å². The molecule has 0 aromatic heterocycles. The van der Waals surface area contributed by atoms with Gasteiger partial charge < -0.3 is 5.32 Å². The van der Waals surface area contributed by atoms with Crippen molar-refractivity contribution in [2.24, 2.45) is 0 Å². The molecule has 0 aliphatic carbocycles. The van der Waals surface area contributed by atoms with Gasteiger partial charge in [-0.15, -0.1) is 0 Å². The Balaban J connectivity index is 2.22. The van der Waals surface area contributed by atoms with E-state index in [1.807, 2.05) is 0 Å². The first-order chi connectivity index (χ1) is 8.99. The summed E-state index contributed by atoms with van der Waals surface area (Å²) < 4.78 is 53.1. The molecular formula is C13H8BrF4N. The van der Waals surface area contributed by atoms with Gasteiger partial charge in [-0.2, -0.15) is 0 Å². The second kappa shape index (κ2) is 5.61. The van der Waals surface area contributed by atoms with Gasteiger partial charge in [-0.05, 0) is 34.1 Å². The molecule has 0 saturated heterocycles. The smallest absolute Gasteiger partial charge is 0.161 e. The average molecular weight is 334 g/mol. The number of para-hydroxylation sites is 1. The first-order valence-corrected chi connectivity index (χ1v) is 6.09. The number of rotatable bonds is 3. The Morgan fingerprint density at radius 2 is 1.58 bits per heavy atom. The van der Waals surface area contributed by atoms with Gasteiger partial charge in [-0.3, -0.25) is 0 Å². The first kappa shape index (κ1) is 13.9. The Hall–Kier alpha value is -1.56. The number of benzene rings is 2. The maximum atomic E-state index is 13.5. The number of halogens is 5. The SMILES string of the molecule is Fc1cc(F)c(CNc2c(F)cccc2Br)cc1F. The zero-order chi connectivity index (χ0) is 14.0. The van der Waals surface area contributed by atoms with Crippen molar-refractivity contribution in [1.82, 2.24) is 0 Å². The predicted octanol–water partition coefficient (Wildman–Crippen LogP) is 4.62. The number of nitrogens with one attached hydrogen (secondary N) is 1. The van der Waals surface area contributed by atoms with E-state index in [2.05, 4.69) is 21.2 Å². The highest BCUT2D eigenvalue weighted by Gasteiger charge is 2.11. The zero-order valence-corrected chi connectivity index (χ0v) is 11.1. The minimum Gasteiger partial charge on any atom is -0.378 e. The summed E-state index contributed by atoms with van der Waals surface area (Å²) >= 11 is 3.13. The van der Waals surface area contributed by atoms with Crippen LogP contribution in [0.1, 0.15) is 5.56 Å². The summed E-state index contributed by atoms with van der Waals surface area (Å²) in [6.07, 6.45) is 0. The molecule has 0 radical (unpaired) electrons. The Bertz CT molecular complexity index is 596. The van der Waals surface area contributed by atoms with Crippen LogP contribution in [0.3, 0.4) is 0 Å². The number of hydrogen-bond donors (Lipinski definition) is 1. The van der Waals surface area contributed by atoms with E-state index in [9.17, 15) is 17.6 Å². The third-order valence-corrected chi connectivity index (χ3v) is 3.17. The highest BCUT2D eigenvalue weighted by atomic mass is 79.9. The van der Waals surface area contributed by atoms with Crippen molar-refractivity contribution >= 4 is 21.6 Å². The summed E-state index contributed by atoms with van der Waals surface area (Å²) in [5.41, 5.74) is 0.0423. The molecule has 0 saturated carbocycles. The fourth-order valence-corrected chi connectivity index (χ4v) is 2.03. The van der Waals surface area contributed by atoms with Crippen molar-refractivity contribution in [3.8, 4) is 0 Å². The zero-order valence-electron chi connectivity index (χ0n) is 9.48. The molecule has 2 aromatic rings. The van der Waals surface area contributed by atoms with Gasteiger partial charge in [0.15, 0.2) is 11.6 Å². The van der Waals surface area contributed by atoms with Gasteiger partial charge in [0.25, 0.3) is 0 Å². The van der Waals surface area contributed by atoms with E-state index in [1.54, 1.807) is 6.07 Å². The quantitative estimate of drug-likeness (QED) is 0.638. The van der Waals surface area contributed by atoms with Crippen LogP contribution < -0.4 is 5.32 Å². The molecule has 0 heterocycles. The molecule has 0 atom stereocenters. The summed E-state index contributed by atoms with van der Waals surface area (Å²) in [7, 11) is 0. The van der Waals surface area contributed by atoms with Gasteiger partial charge in [-0.25, -0.2) is 17.6 Å². The molecule has 2 aromatic carbocycles. The van der Waals surface area contributed by atoms with Crippen LogP contribution in [-0.2, 0) is 6.54 Å². The Labute approximate surface area is 115 Å². The van der Waals surface area contributed by atoms with Gasteiger partial charge in [0.1, 0.15) is 11.6 Å². The molecule has 0 unspecified atom stereocenters. The highest BCUT2D eigenvalue weighted by molar-refractivity contribution is 9.10. The molecule has 0 amide bonds. The normalized spacial score (nSPS) is 10.6. The largest absolute Gasteiger partial charge is 0.378 e. The van der Waals surface area contributed by atoms with Crippen LogP contribution in [0.2, 0.25) is 0 Å². The molecular weight excluding hydrogens is 326 g/mol. The van der Waals surface area contributed by atoms with E-state index in [0.717, 1.165) is 6.07 Å². The van der Waals surface area contributed by atoms with Gasteiger partial charge in [0, 0.05) is 22.6 Å². The molecule has 2 rings (SSSR count). The monoisotopic (exact) mass is 333 g/mol. The second-order valence-electron chi connectivity index (χ2n) is 3.81. The third-order valence-electron chi connectivity index (χ3n) is 2.51. The average Bonchev–Trinajstić information content (AvgIpc) is 2.34. The van der Waals surface area contributed by atoms with E-state index >= 15 is 0 Å². The molecule has 1 N–H and O–H groups in total. The van der Waals surface area contributed by atoms with E-state index < -0.39 is 23.3 Å². The molecule has 0 bridgehead atoms. The molecule has 6 heteroatoms. The minimum absolute atomic E-state index is 0.0888. The molecule has 100 valence electrons. The van der Waals surface area contributed by atoms with E-state index in [4.69, 9.17) is 0 Å². The van der Waals surface area contributed by atoms with Crippen molar-refractivity contribution in [3.63, 3.8) is 0 Å². The number of anilines is 1. The molecule has 0 fully saturated rings. The molecule has 0 aliphatic rings. The first-order valence-electron chi connectivity index (χ1n) is 5.30. The lowest BCUT2D eigenvalue weighted by Crippen LogP contribution is -2.05. The lowest BCUT2D eigenvalue weighted by molar-refractivity contribution is 0.490. The summed E-state index contributed by atoms with van der Waals surface area (Å²) in [5, 5.41) is 2.63. The molecule has 19 heavy (non-hydrogen) atoms. The lowest BCUT2D eigenvalue weighted by Gasteiger charge is -2.10. The fraction of sp³-hybridized carbons (Fsp3) is 0.0769. The minimum atomic E-state index is -1.26. The van der Waals surface area contributed by atoms with Crippen molar-refractivity contribution < 1.29 is 17.6 Å². The summed E-state index contributed by atoms with van der Waals surface area (Å²) in [6.45, 7) is -0.164. The lowest BCUT2D eigenvalue weighted by atomic mass is 10.2. The Kier molecular flexibility index (Phi) is 4.09. The maximum absolute atomic E-state index is 13.5. The van der Waals surface area contributed by atoms with Crippen LogP contribution in [0, 0.1) is 23.3 Å². The van der Waals surface area contributed by atoms with Crippen molar-refractivity contribution in [1.29, 1.82) is 0 Å². The summed E-state index contributed by atoms with van der Waals surface area (Å²) in [5.74, 6) is -3.82. The van der Waals surface area contributed by atoms with Gasteiger partial charge in [0.05, 0.1) is 5.69 Å². The Morgan fingerprint density at radius 1 is 0.895 bits per heavy atom. The molecule has 0 spiro atoms. The topological polar surface area (TPSA) is 12.0 Å². The van der Waals surface area contributed by atoms with Crippen LogP contribution in [0.4, 0.5) is 23.2 Å². The Morgan fingerprint density at radius 3 is 2.26 bits per heavy atom. The van der Waals surface area contributed by atoms with Crippen molar-refractivity contribution in [2.45, 2.75) is 6.54 Å². The third kappa shape index (κ3) is 3.07. The van der Waals surface area contributed by atoms with Gasteiger partial charge >= 0.3 is 0 Å². The molecule has 0 aliphatic heterocycles. The van der Waals surface area contributed by atoms with Crippen LogP contribution in [-0.4, -0.2) is 0 Å². The summed E-state index contributed by atoms with van der Waals surface area (Å²) in [4.78, 5) is 0. The van der Waals surface area contributed by atoms with Crippen molar-refractivity contribution in [2.75, 3.05) is 5.32 Å². The van der Waals surface area contributed by atoms with E-state index in [0.29, 0.717) is 10.5 Å². The van der Waals surface area contributed by atoms with Gasteiger partial charge in [-0.1, -0.05) is 6.07 Å². The van der Waals surface area contributed by atoms with Gasteiger partial charge in [0.2, 0.25) is 0 Å². The van der Waals surface area contributed by atoms with Crippen molar-refractivity contribution in [3.05, 3.63) is 63.6 Å². The standard InChI is InChI=1S/C13H8BrF4N/c14-8-2-1-3-9(15)13(8)19-6-7-4-11(17)12(18)5-10(7)16/h1-5,19H,6H2. The summed E-state index contributed by atoms with van der Waals surface area (Å²) in [6, 6.07) is 5.54. The van der Waals surface area contributed by atoms with Crippen LogP contribution in [0.25, 0.3) is 0 Å².